The number of rotatable bonds is 2. The van der Waals surface area contributed by atoms with E-state index in [0.717, 1.165) is 28.6 Å². The maximum absolute atomic E-state index is 12.8. The van der Waals surface area contributed by atoms with Gasteiger partial charge in [-0.05, 0) is 18.2 Å². The number of carbonyl (C=O) groups excluding carboxylic acids is 1. The largest absolute Gasteiger partial charge is 0.445 e. The van der Waals surface area contributed by atoms with Gasteiger partial charge in [0, 0.05) is 36.3 Å². The van der Waals surface area contributed by atoms with Gasteiger partial charge in [0.15, 0.2) is 5.89 Å². The van der Waals surface area contributed by atoms with Gasteiger partial charge in [-0.25, -0.2) is 4.98 Å². The fourth-order valence-corrected chi connectivity index (χ4v) is 2.96. The van der Waals surface area contributed by atoms with Gasteiger partial charge in [-0.1, -0.05) is 20.8 Å². The summed E-state index contributed by atoms with van der Waals surface area (Å²) < 4.78 is 5.89. The first-order chi connectivity index (χ1) is 12.4. The Labute approximate surface area is 151 Å². The quantitative estimate of drug-likeness (QED) is 0.767. The summed E-state index contributed by atoms with van der Waals surface area (Å²) in [5, 5.41) is 7.10. The number of aromatic nitrogens is 4. The average molecular weight is 351 g/mol. The third-order valence-corrected chi connectivity index (χ3v) is 4.44. The summed E-state index contributed by atoms with van der Waals surface area (Å²) in [6, 6.07) is 5.50. The lowest BCUT2D eigenvalue weighted by molar-refractivity contribution is 0.0721. The molecule has 1 N–H and O–H groups in total. The van der Waals surface area contributed by atoms with Crippen LogP contribution in [-0.2, 0) is 18.4 Å². The molecule has 1 amide bonds. The number of oxazole rings is 1. The van der Waals surface area contributed by atoms with E-state index in [2.05, 4.69) is 40.9 Å². The average Bonchev–Trinajstić information content (AvgIpc) is 3.28. The normalized spacial score (nSPS) is 14.3. The summed E-state index contributed by atoms with van der Waals surface area (Å²) in [5.74, 6) is 1.53. The molecule has 134 valence electrons. The second-order valence-electron chi connectivity index (χ2n) is 7.52. The van der Waals surface area contributed by atoms with Gasteiger partial charge in [-0.3, -0.25) is 14.9 Å². The predicted molar refractivity (Wildman–Crippen MR) is 95.5 cm³/mol. The fourth-order valence-electron chi connectivity index (χ4n) is 2.96. The van der Waals surface area contributed by atoms with Gasteiger partial charge in [0.05, 0.1) is 12.2 Å². The molecule has 4 rings (SSSR count). The van der Waals surface area contributed by atoms with Gasteiger partial charge in [-0.2, -0.15) is 5.10 Å². The summed E-state index contributed by atoms with van der Waals surface area (Å²) in [4.78, 5) is 23.2. The molecule has 0 aliphatic carbocycles. The first-order valence-electron chi connectivity index (χ1n) is 8.66. The van der Waals surface area contributed by atoms with Gasteiger partial charge >= 0.3 is 0 Å². The smallest absolute Gasteiger partial charge is 0.272 e. The highest BCUT2D eigenvalue weighted by Gasteiger charge is 2.30. The van der Waals surface area contributed by atoms with Crippen LogP contribution in [0.1, 0.15) is 48.6 Å². The Morgan fingerprint density at radius 1 is 1.27 bits per heavy atom. The molecule has 7 nitrogen and oxygen atoms in total. The van der Waals surface area contributed by atoms with Crippen molar-refractivity contribution in [1.82, 2.24) is 25.1 Å². The first-order valence-corrected chi connectivity index (χ1v) is 8.66. The molecule has 0 fully saturated rings. The maximum atomic E-state index is 12.8. The highest BCUT2D eigenvalue weighted by Crippen LogP contribution is 2.28. The van der Waals surface area contributed by atoms with E-state index < -0.39 is 0 Å². The van der Waals surface area contributed by atoms with Crippen molar-refractivity contribution in [3.05, 3.63) is 53.6 Å². The third kappa shape index (κ3) is 3.00. The van der Waals surface area contributed by atoms with Crippen LogP contribution >= 0.6 is 0 Å². The molecule has 0 atom stereocenters. The van der Waals surface area contributed by atoms with Gasteiger partial charge in [0.25, 0.3) is 5.91 Å². The van der Waals surface area contributed by atoms with Gasteiger partial charge < -0.3 is 9.32 Å². The SMILES string of the molecule is CC(C)(C)c1nc2c(o1)CCN(C(=O)c1cc(-c3ccncc3)n[nH]1)C2. The zero-order valence-corrected chi connectivity index (χ0v) is 15.1. The Morgan fingerprint density at radius 3 is 2.77 bits per heavy atom. The van der Waals surface area contributed by atoms with E-state index in [9.17, 15) is 4.79 Å². The predicted octanol–water partition coefficient (Wildman–Crippen LogP) is 2.96. The van der Waals surface area contributed by atoms with Crippen molar-refractivity contribution in [1.29, 1.82) is 0 Å². The molecule has 4 heterocycles. The van der Waals surface area contributed by atoms with Crippen molar-refractivity contribution in [2.45, 2.75) is 39.2 Å². The summed E-state index contributed by atoms with van der Waals surface area (Å²) in [5.41, 5.74) is 2.82. The van der Waals surface area contributed by atoms with Crippen molar-refractivity contribution in [2.75, 3.05) is 6.54 Å². The molecule has 0 aromatic carbocycles. The summed E-state index contributed by atoms with van der Waals surface area (Å²) in [6.45, 7) is 7.26. The minimum Gasteiger partial charge on any atom is -0.445 e. The van der Waals surface area contributed by atoms with Crippen LogP contribution in [0.5, 0.6) is 0 Å². The number of nitrogens with one attached hydrogen (secondary N) is 1. The number of carbonyl (C=O) groups is 1. The highest BCUT2D eigenvalue weighted by molar-refractivity contribution is 5.93. The van der Waals surface area contributed by atoms with E-state index in [1.807, 2.05) is 12.1 Å². The van der Waals surface area contributed by atoms with Crippen LogP contribution in [0.15, 0.2) is 35.0 Å². The molecule has 3 aromatic heterocycles. The van der Waals surface area contributed by atoms with Crippen molar-refractivity contribution >= 4 is 5.91 Å². The summed E-state index contributed by atoms with van der Waals surface area (Å²) in [6.07, 6.45) is 4.08. The monoisotopic (exact) mass is 351 g/mol. The van der Waals surface area contributed by atoms with E-state index in [4.69, 9.17) is 4.42 Å². The number of amides is 1. The molecule has 0 bridgehead atoms. The van der Waals surface area contributed by atoms with Crippen LogP contribution in [0.25, 0.3) is 11.3 Å². The van der Waals surface area contributed by atoms with Gasteiger partial charge in [0.2, 0.25) is 0 Å². The molecule has 0 radical (unpaired) electrons. The Kier molecular flexibility index (Phi) is 3.86. The fraction of sp³-hybridized carbons (Fsp3) is 0.368. The second-order valence-corrected chi connectivity index (χ2v) is 7.52. The van der Waals surface area contributed by atoms with Crippen molar-refractivity contribution < 1.29 is 9.21 Å². The molecule has 7 heteroatoms. The highest BCUT2D eigenvalue weighted by atomic mass is 16.4. The van der Waals surface area contributed by atoms with Gasteiger partial charge in [0.1, 0.15) is 17.1 Å². The molecule has 0 saturated carbocycles. The van der Waals surface area contributed by atoms with E-state index in [0.29, 0.717) is 25.2 Å². The number of pyridine rings is 1. The van der Waals surface area contributed by atoms with E-state index >= 15 is 0 Å². The topological polar surface area (TPSA) is 87.9 Å². The number of H-pyrrole nitrogens is 1. The molecule has 3 aromatic rings. The lowest BCUT2D eigenvalue weighted by Crippen LogP contribution is -2.36. The standard InChI is InChI=1S/C19H21N5O2/c1-19(2,3)18-21-15-11-24(9-6-16(15)26-18)17(25)14-10-13(22-23-14)12-4-7-20-8-5-12/h4-5,7-8,10H,6,9,11H2,1-3H3,(H,22,23). The molecule has 0 unspecified atom stereocenters. The minimum absolute atomic E-state index is 0.0798. The van der Waals surface area contributed by atoms with Crippen molar-refractivity contribution in [3.63, 3.8) is 0 Å². The molecule has 1 aliphatic rings. The molecule has 26 heavy (non-hydrogen) atoms. The summed E-state index contributed by atoms with van der Waals surface area (Å²) in [7, 11) is 0. The zero-order chi connectivity index (χ0) is 18.3. The van der Waals surface area contributed by atoms with E-state index in [1.54, 1.807) is 23.4 Å². The lowest BCUT2D eigenvalue weighted by Gasteiger charge is -2.24. The number of hydrogen-bond acceptors (Lipinski definition) is 5. The Balaban J connectivity index is 1.53. The number of nitrogens with zero attached hydrogens (tertiary/aromatic N) is 4. The second kappa shape index (κ2) is 6.09. The zero-order valence-electron chi connectivity index (χ0n) is 15.1. The Bertz CT molecular complexity index is 936. The molecular formula is C19H21N5O2. The van der Waals surface area contributed by atoms with Crippen LogP contribution in [0, 0.1) is 0 Å². The number of fused-ring (bicyclic) bond motifs is 1. The molecular weight excluding hydrogens is 330 g/mol. The third-order valence-electron chi connectivity index (χ3n) is 4.44. The van der Waals surface area contributed by atoms with Crippen molar-refractivity contribution in [2.24, 2.45) is 0 Å². The molecule has 1 aliphatic heterocycles. The van der Waals surface area contributed by atoms with Crippen LogP contribution < -0.4 is 0 Å². The Hall–Kier alpha value is -2.96. The van der Waals surface area contributed by atoms with Crippen LogP contribution in [-0.4, -0.2) is 37.5 Å². The maximum Gasteiger partial charge on any atom is 0.272 e. The van der Waals surface area contributed by atoms with Crippen LogP contribution in [0.3, 0.4) is 0 Å². The minimum atomic E-state index is -0.144. The molecule has 0 spiro atoms. The number of hydrogen-bond donors (Lipinski definition) is 1. The molecule has 0 saturated heterocycles. The van der Waals surface area contributed by atoms with Crippen LogP contribution in [0.2, 0.25) is 0 Å². The van der Waals surface area contributed by atoms with Gasteiger partial charge in [-0.15, -0.1) is 0 Å². The van der Waals surface area contributed by atoms with E-state index in [1.165, 1.54) is 0 Å². The lowest BCUT2D eigenvalue weighted by atomic mass is 9.97. The number of aromatic amines is 1. The Morgan fingerprint density at radius 2 is 2.04 bits per heavy atom. The van der Waals surface area contributed by atoms with E-state index in [-0.39, 0.29) is 11.3 Å². The summed E-state index contributed by atoms with van der Waals surface area (Å²) >= 11 is 0. The van der Waals surface area contributed by atoms with Crippen LogP contribution in [0.4, 0.5) is 0 Å². The van der Waals surface area contributed by atoms with Crippen molar-refractivity contribution in [3.8, 4) is 11.3 Å². The first kappa shape index (κ1) is 16.5.